The van der Waals surface area contributed by atoms with Crippen LogP contribution in [0.3, 0.4) is 0 Å². The second-order valence-corrected chi connectivity index (χ2v) is 6.43. The third-order valence-electron chi connectivity index (χ3n) is 4.33. The molecule has 1 aromatic heterocycles. The van der Waals surface area contributed by atoms with E-state index in [4.69, 9.17) is 0 Å². The number of nitrogens with one attached hydrogen (secondary N) is 1. The Bertz CT molecular complexity index is 723. The van der Waals surface area contributed by atoms with E-state index in [9.17, 15) is 4.79 Å². The van der Waals surface area contributed by atoms with E-state index < -0.39 is 0 Å². The summed E-state index contributed by atoms with van der Waals surface area (Å²) < 4.78 is 2.09. The lowest BCUT2D eigenvalue weighted by Gasteiger charge is -2.23. The number of guanidine groups is 1. The summed E-state index contributed by atoms with van der Waals surface area (Å²) in [6, 6.07) is 14.1. The van der Waals surface area contributed by atoms with Crippen molar-refractivity contribution in [2.75, 3.05) is 27.7 Å². The van der Waals surface area contributed by atoms with E-state index in [2.05, 4.69) is 20.9 Å². The van der Waals surface area contributed by atoms with E-state index in [1.165, 1.54) is 5.69 Å². The van der Waals surface area contributed by atoms with Gasteiger partial charge in [0, 0.05) is 59.6 Å². The van der Waals surface area contributed by atoms with Crippen LogP contribution in [0.2, 0.25) is 0 Å². The van der Waals surface area contributed by atoms with E-state index in [0.29, 0.717) is 19.5 Å². The molecule has 0 atom stereocenters. The van der Waals surface area contributed by atoms with Gasteiger partial charge in [-0.3, -0.25) is 9.79 Å². The van der Waals surface area contributed by atoms with Crippen LogP contribution in [0.25, 0.3) is 0 Å². The summed E-state index contributed by atoms with van der Waals surface area (Å²) in [6.07, 6.45) is 2.46. The van der Waals surface area contributed by atoms with Crippen LogP contribution >= 0.6 is 0 Å². The van der Waals surface area contributed by atoms with Crippen molar-refractivity contribution < 1.29 is 4.79 Å². The van der Waals surface area contributed by atoms with Crippen LogP contribution in [0.1, 0.15) is 17.7 Å². The molecule has 1 amide bonds. The molecule has 1 aromatic carbocycles. The lowest BCUT2D eigenvalue weighted by Crippen LogP contribution is -2.40. The van der Waals surface area contributed by atoms with E-state index in [1.807, 2.05) is 68.6 Å². The van der Waals surface area contributed by atoms with Crippen molar-refractivity contribution in [2.24, 2.45) is 12.0 Å². The van der Waals surface area contributed by atoms with Gasteiger partial charge in [-0.2, -0.15) is 0 Å². The highest BCUT2D eigenvalue weighted by atomic mass is 16.2. The van der Waals surface area contributed by atoms with Gasteiger partial charge >= 0.3 is 0 Å². The first-order valence-electron chi connectivity index (χ1n) is 8.81. The molecule has 6 heteroatoms. The Hall–Kier alpha value is -2.76. The molecular weight excluding hydrogens is 326 g/mol. The predicted octanol–water partition coefficient (Wildman–Crippen LogP) is 2.08. The maximum absolute atomic E-state index is 12.3. The number of aromatic nitrogens is 1. The van der Waals surface area contributed by atoms with Crippen LogP contribution in [0.5, 0.6) is 0 Å². The monoisotopic (exact) mass is 355 g/mol. The average molecular weight is 355 g/mol. The lowest BCUT2D eigenvalue weighted by molar-refractivity contribution is -0.130. The summed E-state index contributed by atoms with van der Waals surface area (Å²) in [6.45, 7) is 1.94. The Morgan fingerprint density at radius 3 is 2.42 bits per heavy atom. The zero-order valence-corrected chi connectivity index (χ0v) is 16.1. The fourth-order valence-corrected chi connectivity index (χ4v) is 2.78. The number of carbonyl (C=O) groups is 1. The molecule has 1 heterocycles. The Labute approximate surface area is 156 Å². The molecule has 0 saturated heterocycles. The van der Waals surface area contributed by atoms with Crippen molar-refractivity contribution in [2.45, 2.75) is 19.5 Å². The van der Waals surface area contributed by atoms with Gasteiger partial charge in [-0.05, 0) is 17.7 Å². The first kappa shape index (κ1) is 19.6. The first-order chi connectivity index (χ1) is 12.5. The Morgan fingerprint density at radius 2 is 1.81 bits per heavy atom. The van der Waals surface area contributed by atoms with E-state index in [1.54, 1.807) is 11.9 Å². The maximum atomic E-state index is 12.3. The fourth-order valence-electron chi connectivity index (χ4n) is 2.78. The number of rotatable bonds is 7. The molecule has 0 aliphatic heterocycles. The fraction of sp³-hybridized carbons (Fsp3) is 0.400. The van der Waals surface area contributed by atoms with Gasteiger partial charge in [-0.1, -0.05) is 30.3 Å². The Morgan fingerprint density at radius 1 is 1.08 bits per heavy atom. The molecule has 6 nitrogen and oxygen atoms in total. The van der Waals surface area contributed by atoms with Crippen molar-refractivity contribution in [3.63, 3.8) is 0 Å². The minimum absolute atomic E-state index is 0.113. The maximum Gasteiger partial charge on any atom is 0.224 e. The van der Waals surface area contributed by atoms with E-state index >= 15 is 0 Å². The molecule has 2 aromatic rings. The highest BCUT2D eigenvalue weighted by Gasteiger charge is 2.11. The third kappa shape index (κ3) is 5.65. The van der Waals surface area contributed by atoms with Crippen LogP contribution in [0.15, 0.2) is 53.7 Å². The minimum Gasteiger partial charge on any atom is -0.356 e. The number of carbonyl (C=O) groups excluding carboxylic acids is 1. The van der Waals surface area contributed by atoms with Gasteiger partial charge in [0.25, 0.3) is 0 Å². The zero-order chi connectivity index (χ0) is 18.9. The van der Waals surface area contributed by atoms with Gasteiger partial charge in [0.05, 0.1) is 6.54 Å². The van der Waals surface area contributed by atoms with Crippen LogP contribution in [0, 0.1) is 0 Å². The van der Waals surface area contributed by atoms with Crippen molar-refractivity contribution in [1.29, 1.82) is 0 Å². The second-order valence-electron chi connectivity index (χ2n) is 6.43. The van der Waals surface area contributed by atoms with Crippen molar-refractivity contribution in [1.82, 2.24) is 19.7 Å². The number of amides is 1. The van der Waals surface area contributed by atoms with Crippen LogP contribution in [-0.2, 0) is 24.9 Å². The van der Waals surface area contributed by atoms with Crippen molar-refractivity contribution in [3.05, 3.63) is 59.9 Å². The Kier molecular flexibility index (Phi) is 7.26. The van der Waals surface area contributed by atoms with Gasteiger partial charge in [0.2, 0.25) is 5.91 Å². The highest BCUT2D eigenvalue weighted by molar-refractivity contribution is 5.81. The Balaban J connectivity index is 1.77. The van der Waals surface area contributed by atoms with Gasteiger partial charge in [0.1, 0.15) is 0 Å². The second kappa shape index (κ2) is 9.65. The van der Waals surface area contributed by atoms with Gasteiger partial charge in [-0.15, -0.1) is 0 Å². The molecule has 0 saturated carbocycles. The normalized spacial score (nSPS) is 11.3. The molecular formula is C20H29N5O. The van der Waals surface area contributed by atoms with Gasteiger partial charge in [0.15, 0.2) is 5.96 Å². The zero-order valence-electron chi connectivity index (χ0n) is 16.1. The molecule has 0 radical (unpaired) electrons. The molecule has 0 fully saturated rings. The topological polar surface area (TPSA) is 52.9 Å². The van der Waals surface area contributed by atoms with E-state index in [0.717, 1.165) is 18.1 Å². The summed E-state index contributed by atoms with van der Waals surface area (Å²) in [5.74, 6) is 0.895. The predicted molar refractivity (Wildman–Crippen MR) is 106 cm³/mol. The third-order valence-corrected chi connectivity index (χ3v) is 4.33. The molecule has 0 spiro atoms. The number of aryl methyl sites for hydroxylation is 1. The molecule has 140 valence electrons. The highest BCUT2D eigenvalue weighted by Crippen LogP contribution is 2.05. The minimum atomic E-state index is 0.113. The molecule has 1 N–H and O–H groups in total. The summed E-state index contributed by atoms with van der Waals surface area (Å²) >= 11 is 0. The van der Waals surface area contributed by atoms with Crippen molar-refractivity contribution >= 4 is 11.9 Å². The smallest absolute Gasteiger partial charge is 0.224 e. The number of aliphatic imine (C=N–C) groups is 1. The number of benzene rings is 1. The van der Waals surface area contributed by atoms with Crippen LogP contribution in [-0.4, -0.2) is 53.9 Å². The van der Waals surface area contributed by atoms with Gasteiger partial charge in [-0.25, -0.2) is 0 Å². The number of nitrogens with zero attached hydrogens (tertiary/aromatic N) is 4. The van der Waals surface area contributed by atoms with Crippen LogP contribution in [0.4, 0.5) is 0 Å². The molecule has 0 aliphatic rings. The molecule has 0 bridgehead atoms. The van der Waals surface area contributed by atoms with E-state index in [-0.39, 0.29) is 5.91 Å². The number of hydrogen-bond acceptors (Lipinski definition) is 2. The molecule has 26 heavy (non-hydrogen) atoms. The summed E-state index contributed by atoms with van der Waals surface area (Å²) in [7, 11) is 7.62. The summed E-state index contributed by atoms with van der Waals surface area (Å²) in [5.41, 5.74) is 2.34. The largest absolute Gasteiger partial charge is 0.356 e. The molecule has 0 unspecified atom stereocenters. The lowest BCUT2D eigenvalue weighted by atomic mass is 10.2. The van der Waals surface area contributed by atoms with Crippen molar-refractivity contribution in [3.8, 4) is 0 Å². The molecule has 0 aliphatic carbocycles. The SMILES string of the molecule is CN=C(NCCC(=O)N(C)Cc1ccccc1)N(C)Cc1cccn1C. The first-order valence-corrected chi connectivity index (χ1v) is 8.81. The standard InChI is InChI=1S/C20H29N5O/c1-21-20(25(4)16-18-11-8-14-23(18)2)22-13-12-19(26)24(3)15-17-9-6-5-7-10-17/h5-11,14H,12-13,15-16H2,1-4H3,(H,21,22). The average Bonchev–Trinajstić information content (AvgIpc) is 3.04. The van der Waals surface area contributed by atoms with Gasteiger partial charge < -0.3 is 19.7 Å². The quantitative estimate of drug-likeness (QED) is 0.611. The summed E-state index contributed by atoms with van der Waals surface area (Å²) in [5, 5.41) is 3.27. The summed E-state index contributed by atoms with van der Waals surface area (Å²) in [4.78, 5) is 20.4. The molecule has 2 rings (SSSR count). The number of hydrogen-bond donors (Lipinski definition) is 1. The van der Waals surface area contributed by atoms with Crippen LogP contribution < -0.4 is 5.32 Å².